The number of hydrogen-bond acceptors (Lipinski definition) is 2. The smallest absolute Gasteiger partial charge is 0.0465 e. The molecule has 2 saturated carbocycles. The van der Waals surface area contributed by atoms with E-state index in [1.807, 2.05) is 0 Å². The highest BCUT2D eigenvalue weighted by Gasteiger charge is 2.42. The quantitative estimate of drug-likeness (QED) is 0.758. The van der Waals surface area contributed by atoms with Crippen LogP contribution >= 0.6 is 0 Å². The first kappa shape index (κ1) is 11.4. The molecule has 0 aromatic carbocycles. The normalized spacial score (nSPS) is 38.2. The van der Waals surface area contributed by atoms with Crippen LogP contribution in [0.1, 0.15) is 39.0 Å². The van der Waals surface area contributed by atoms with Crippen molar-refractivity contribution >= 4 is 0 Å². The van der Waals surface area contributed by atoms with E-state index in [1.54, 1.807) is 7.11 Å². The summed E-state index contributed by atoms with van der Waals surface area (Å²) < 4.78 is 5.13. The first-order valence-corrected chi connectivity index (χ1v) is 6.47. The molecule has 15 heavy (non-hydrogen) atoms. The van der Waals surface area contributed by atoms with Crippen molar-refractivity contribution in [3.8, 4) is 0 Å². The van der Waals surface area contributed by atoms with E-state index in [4.69, 9.17) is 10.5 Å². The highest BCUT2D eigenvalue weighted by atomic mass is 16.5. The third kappa shape index (κ3) is 2.36. The van der Waals surface area contributed by atoms with Gasteiger partial charge in [0.1, 0.15) is 0 Å². The molecule has 5 unspecified atom stereocenters. The predicted octanol–water partition coefficient (Wildman–Crippen LogP) is 2.42. The van der Waals surface area contributed by atoms with Crippen molar-refractivity contribution in [2.45, 2.75) is 45.1 Å². The molecule has 2 N–H and O–H groups in total. The molecule has 2 rings (SSSR count). The van der Waals surface area contributed by atoms with Gasteiger partial charge in [0.25, 0.3) is 0 Å². The Hall–Kier alpha value is -0.0800. The molecule has 88 valence electrons. The molecule has 2 bridgehead atoms. The maximum Gasteiger partial charge on any atom is 0.0465 e. The van der Waals surface area contributed by atoms with Crippen LogP contribution in [-0.4, -0.2) is 19.8 Å². The zero-order chi connectivity index (χ0) is 10.8. The topological polar surface area (TPSA) is 35.2 Å². The SMILES string of the molecule is COCCC(C)C(N)C1CC2CCC1C2. The lowest BCUT2D eigenvalue weighted by molar-refractivity contribution is 0.155. The van der Waals surface area contributed by atoms with E-state index >= 15 is 0 Å². The van der Waals surface area contributed by atoms with Crippen molar-refractivity contribution in [2.75, 3.05) is 13.7 Å². The molecule has 0 aromatic heterocycles. The molecule has 2 aliphatic rings. The van der Waals surface area contributed by atoms with Gasteiger partial charge in [-0.25, -0.2) is 0 Å². The highest BCUT2D eigenvalue weighted by Crippen LogP contribution is 2.50. The van der Waals surface area contributed by atoms with Gasteiger partial charge in [0, 0.05) is 19.8 Å². The Morgan fingerprint density at radius 3 is 2.67 bits per heavy atom. The van der Waals surface area contributed by atoms with Crippen LogP contribution in [-0.2, 0) is 4.74 Å². The number of rotatable bonds is 5. The fourth-order valence-corrected chi connectivity index (χ4v) is 3.68. The minimum atomic E-state index is 0.412. The average Bonchev–Trinajstić information content (AvgIpc) is 2.86. The molecule has 0 spiro atoms. The number of fused-ring (bicyclic) bond motifs is 2. The van der Waals surface area contributed by atoms with Gasteiger partial charge in [-0.1, -0.05) is 13.3 Å². The molecule has 0 aromatic rings. The van der Waals surface area contributed by atoms with Crippen molar-refractivity contribution in [2.24, 2.45) is 29.4 Å². The zero-order valence-corrected chi connectivity index (χ0v) is 10.1. The molecule has 2 nitrogen and oxygen atoms in total. The van der Waals surface area contributed by atoms with Crippen molar-refractivity contribution in [1.82, 2.24) is 0 Å². The van der Waals surface area contributed by atoms with E-state index in [0.717, 1.165) is 30.8 Å². The Morgan fingerprint density at radius 1 is 1.33 bits per heavy atom. The lowest BCUT2D eigenvalue weighted by atomic mass is 9.78. The van der Waals surface area contributed by atoms with Crippen LogP contribution in [0.4, 0.5) is 0 Å². The fraction of sp³-hybridized carbons (Fsp3) is 1.00. The number of hydrogen-bond donors (Lipinski definition) is 1. The van der Waals surface area contributed by atoms with Gasteiger partial charge in [-0.15, -0.1) is 0 Å². The van der Waals surface area contributed by atoms with Crippen LogP contribution in [0.3, 0.4) is 0 Å². The van der Waals surface area contributed by atoms with Gasteiger partial charge in [0.2, 0.25) is 0 Å². The minimum absolute atomic E-state index is 0.412. The number of nitrogens with two attached hydrogens (primary N) is 1. The summed E-state index contributed by atoms with van der Waals surface area (Å²) in [6.45, 7) is 3.14. The van der Waals surface area contributed by atoms with Crippen molar-refractivity contribution in [3.63, 3.8) is 0 Å². The summed E-state index contributed by atoms with van der Waals surface area (Å²) in [4.78, 5) is 0. The third-order valence-corrected chi connectivity index (χ3v) is 4.72. The van der Waals surface area contributed by atoms with Crippen LogP contribution < -0.4 is 5.73 Å². The standard InChI is InChI=1S/C13H25NO/c1-9(5-6-15-2)13(14)12-8-10-3-4-11(12)7-10/h9-13H,3-8,14H2,1-2H3. The summed E-state index contributed by atoms with van der Waals surface area (Å²) in [7, 11) is 1.77. The molecule has 0 aliphatic heterocycles. The van der Waals surface area contributed by atoms with E-state index < -0.39 is 0 Å². The predicted molar refractivity (Wildman–Crippen MR) is 62.6 cm³/mol. The molecule has 0 saturated heterocycles. The summed E-state index contributed by atoms with van der Waals surface area (Å²) in [5.41, 5.74) is 6.39. The zero-order valence-electron chi connectivity index (χ0n) is 10.1. The van der Waals surface area contributed by atoms with Crippen LogP contribution in [0.5, 0.6) is 0 Å². The second-order valence-electron chi connectivity index (χ2n) is 5.67. The Balaban J connectivity index is 1.82. The van der Waals surface area contributed by atoms with Crippen LogP contribution in [0.2, 0.25) is 0 Å². The summed E-state index contributed by atoms with van der Waals surface area (Å²) in [6, 6.07) is 0.412. The second kappa shape index (κ2) is 4.84. The highest BCUT2D eigenvalue weighted by molar-refractivity contribution is 4.95. The molecule has 2 aliphatic carbocycles. The Kier molecular flexibility index (Phi) is 3.68. The average molecular weight is 211 g/mol. The largest absolute Gasteiger partial charge is 0.385 e. The van der Waals surface area contributed by atoms with Crippen LogP contribution in [0.25, 0.3) is 0 Å². The Morgan fingerprint density at radius 2 is 2.13 bits per heavy atom. The van der Waals surface area contributed by atoms with E-state index in [2.05, 4.69) is 6.92 Å². The van der Waals surface area contributed by atoms with Crippen molar-refractivity contribution in [1.29, 1.82) is 0 Å². The first-order valence-electron chi connectivity index (χ1n) is 6.47. The Labute approximate surface area is 93.6 Å². The molecule has 0 heterocycles. The van der Waals surface area contributed by atoms with Gasteiger partial charge in [-0.05, 0) is 49.4 Å². The lowest BCUT2D eigenvalue weighted by Crippen LogP contribution is -2.39. The maximum atomic E-state index is 6.39. The van der Waals surface area contributed by atoms with E-state index in [-0.39, 0.29) is 0 Å². The van der Waals surface area contributed by atoms with E-state index in [1.165, 1.54) is 25.7 Å². The molecule has 2 heteroatoms. The maximum absolute atomic E-state index is 6.39. The van der Waals surface area contributed by atoms with Gasteiger partial charge in [0.15, 0.2) is 0 Å². The molecule has 2 fully saturated rings. The van der Waals surface area contributed by atoms with E-state index in [0.29, 0.717) is 12.0 Å². The summed E-state index contributed by atoms with van der Waals surface area (Å²) in [6.07, 6.45) is 6.91. The monoisotopic (exact) mass is 211 g/mol. The van der Waals surface area contributed by atoms with Gasteiger partial charge in [-0.2, -0.15) is 0 Å². The van der Waals surface area contributed by atoms with Crippen molar-refractivity contribution in [3.05, 3.63) is 0 Å². The summed E-state index contributed by atoms with van der Waals surface area (Å²) in [5.74, 6) is 3.40. The van der Waals surface area contributed by atoms with Crippen LogP contribution in [0, 0.1) is 23.7 Å². The van der Waals surface area contributed by atoms with E-state index in [9.17, 15) is 0 Å². The number of methoxy groups -OCH3 is 1. The second-order valence-corrected chi connectivity index (χ2v) is 5.67. The van der Waals surface area contributed by atoms with Gasteiger partial charge in [-0.3, -0.25) is 0 Å². The van der Waals surface area contributed by atoms with Gasteiger partial charge in [0.05, 0.1) is 0 Å². The lowest BCUT2D eigenvalue weighted by Gasteiger charge is -2.31. The molecule has 5 atom stereocenters. The fourth-order valence-electron chi connectivity index (χ4n) is 3.68. The molecule has 0 radical (unpaired) electrons. The summed E-state index contributed by atoms with van der Waals surface area (Å²) in [5, 5.41) is 0. The Bertz CT molecular complexity index is 207. The number of ether oxygens (including phenoxy) is 1. The molecular weight excluding hydrogens is 186 g/mol. The first-order chi connectivity index (χ1) is 7.22. The summed E-state index contributed by atoms with van der Waals surface area (Å²) >= 11 is 0. The third-order valence-electron chi connectivity index (χ3n) is 4.72. The van der Waals surface area contributed by atoms with Crippen LogP contribution in [0.15, 0.2) is 0 Å². The van der Waals surface area contributed by atoms with Gasteiger partial charge < -0.3 is 10.5 Å². The molecule has 0 amide bonds. The van der Waals surface area contributed by atoms with Gasteiger partial charge >= 0.3 is 0 Å². The molecular formula is C13H25NO. The van der Waals surface area contributed by atoms with Crippen molar-refractivity contribution < 1.29 is 4.74 Å². The minimum Gasteiger partial charge on any atom is -0.385 e.